The first-order valence-corrected chi connectivity index (χ1v) is 8.29. The monoisotopic (exact) mass is 302 g/mol. The fourth-order valence-electron chi connectivity index (χ4n) is 3.49. The van der Waals surface area contributed by atoms with E-state index in [9.17, 15) is 0 Å². The van der Waals surface area contributed by atoms with Crippen molar-refractivity contribution in [1.29, 1.82) is 0 Å². The summed E-state index contributed by atoms with van der Waals surface area (Å²) in [5.74, 6) is 6.00. The van der Waals surface area contributed by atoms with E-state index in [-0.39, 0.29) is 11.5 Å². The SMILES string of the molecule is Cc1sccc1C(NN)C1(c2ccccc2)CCOCC1. The van der Waals surface area contributed by atoms with Crippen molar-refractivity contribution >= 4 is 11.3 Å². The van der Waals surface area contributed by atoms with E-state index in [1.54, 1.807) is 11.3 Å². The van der Waals surface area contributed by atoms with Crippen molar-refractivity contribution in [3.8, 4) is 0 Å². The quantitative estimate of drug-likeness (QED) is 0.673. The summed E-state index contributed by atoms with van der Waals surface area (Å²) >= 11 is 1.78. The second kappa shape index (κ2) is 6.28. The van der Waals surface area contributed by atoms with Gasteiger partial charge >= 0.3 is 0 Å². The van der Waals surface area contributed by atoms with Gasteiger partial charge in [-0.05, 0) is 42.3 Å². The first kappa shape index (κ1) is 14.7. The Bertz CT molecular complexity index is 575. The second-order valence-electron chi connectivity index (χ2n) is 5.67. The molecule has 3 nitrogen and oxygen atoms in total. The molecule has 4 heteroatoms. The van der Waals surface area contributed by atoms with Crippen molar-refractivity contribution in [1.82, 2.24) is 5.43 Å². The van der Waals surface area contributed by atoms with Gasteiger partial charge in [0.1, 0.15) is 0 Å². The number of hydrazine groups is 1. The summed E-state index contributed by atoms with van der Waals surface area (Å²) < 4.78 is 5.62. The maximum absolute atomic E-state index is 6.00. The molecule has 1 aliphatic rings. The molecule has 1 saturated heterocycles. The Hall–Kier alpha value is -1.20. The summed E-state index contributed by atoms with van der Waals surface area (Å²) in [5.41, 5.74) is 5.77. The van der Waals surface area contributed by atoms with E-state index in [0.29, 0.717) is 0 Å². The maximum Gasteiger partial charge on any atom is 0.0569 e. The highest BCUT2D eigenvalue weighted by atomic mass is 32.1. The summed E-state index contributed by atoms with van der Waals surface area (Å²) in [4.78, 5) is 1.33. The Labute approximate surface area is 130 Å². The smallest absolute Gasteiger partial charge is 0.0569 e. The molecule has 0 radical (unpaired) electrons. The van der Waals surface area contributed by atoms with Crippen LogP contribution in [0.4, 0.5) is 0 Å². The van der Waals surface area contributed by atoms with Gasteiger partial charge in [-0.15, -0.1) is 11.3 Å². The van der Waals surface area contributed by atoms with Gasteiger partial charge < -0.3 is 4.74 Å². The lowest BCUT2D eigenvalue weighted by molar-refractivity contribution is 0.0340. The fourth-order valence-corrected chi connectivity index (χ4v) is 4.23. The zero-order valence-electron chi connectivity index (χ0n) is 12.3. The van der Waals surface area contributed by atoms with Gasteiger partial charge in [0.2, 0.25) is 0 Å². The van der Waals surface area contributed by atoms with E-state index in [2.05, 4.69) is 54.1 Å². The molecule has 1 aliphatic heterocycles. The van der Waals surface area contributed by atoms with E-state index >= 15 is 0 Å². The predicted molar refractivity (Wildman–Crippen MR) is 87.3 cm³/mol. The Balaban J connectivity index is 2.08. The van der Waals surface area contributed by atoms with Crippen molar-refractivity contribution in [2.75, 3.05) is 13.2 Å². The van der Waals surface area contributed by atoms with Crippen LogP contribution in [0.5, 0.6) is 0 Å². The third-order valence-corrected chi connectivity index (χ3v) is 5.52. The van der Waals surface area contributed by atoms with Crippen LogP contribution in [-0.2, 0) is 10.2 Å². The number of benzene rings is 1. The molecule has 3 rings (SSSR count). The number of hydrogen-bond acceptors (Lipinski definition) is 4. The van der Waals surface area contributed by atoms with Crippen molar-refractivity contribution in [3.05, 3.63) is 57.8 Å². The molecular weight excluding hydrogens is 280 g/mol. The lowest BCUT2D eigenvalue weighted by Gasteiger charge is -2.44. The Morgan fingerprint density at radius 1 is 1.19 bits per heavy atom. The standard InChI is InChI=1S/C17H22N2OS/c1-13-15(7-12-21-13)16(19-18)17(8-10-20-11-9-17)14-5-3-2-4-6-14/h2-7,12,16,19H,8-11,18H2,1H3. The number of rotatable bonds is 4. The molecule has 2 aromatic rings. The van der Waals surface area contributed by atoms with Crippen LogP contribution in [0, 0.1) is 6.92 Å². The molecule has 1 atom stereocenters. The molecule has 0 amide bonds. The average molecular weight is 302 g/mol. The molecule has 112 valence electrons. The van der Waals surface area contributed by atoms with Crippen LogP contribution in [-0.4, -0.2) is 13.2 Å². The minimum absolute atomic E-state index is 0.0000926. The lowest BCUT2D eigenvalue weighted by Crippen LogP contribution is -2.48. The van der Waals surface area contributed by atoms with E-state index < -0.39 is 0 Å². The Morgan fingerprint density at radius 2 is 1.90 bits per heavy atom. The highest BCUT2D eigenvalue weighted by Crippen LogP contribution is 2.46. The highest BCUT2D eigenvalue weighted by molar-refractivity contribution is 7.10. The van der Waals surface area contributed by atoms with E-state index in [4.69, 9.17) is 10.6 Å². The molecule has 21 heavy (non-hydrogen) atoms. The molecule has 0 saturated carbocycles. The molecule has 3 N–H and O–H groups in total. The summed E-state index contributed by atoms with van der Waals surface area (Å²) in [7, 11) is 0. The molecule has 1 aromatic heterocycles. The van der Waals surface area contributed by atoms with Crippen LogP contribution in [0.15, 0.2) is 41.8 Å². The van der Waals surface area contributed by atoms with Crippen LogP contribution >= 0.6 is 11.3 Å². The van der Waals surface area contributed by atoms with Gasteiger partial charge in [0, 0.05) is 23.5 Å². The first-order valence-electron chi connectivity index (χ1n) is 7.41. The Morgan fingerprint density at radius 3 is 2.48 bits per heavy atom. The highest BCUT2D eigenvalue weighted by Gasteiger charge is 2.42. The van der Waals surface area contributed by atoms with E-state index in [1.165, 1.54) is 16.0 Å². The molecule has 1 aromatic carbocycles. The van der Waals surface area contributed by atoms with Gasteiger partial charge in [0.15, 0.2) is 0 Å². The zero-order valence-corrected chi connectivity index (χ0v) is 13.2. The largest absolute Gasteiger partial charge is 0.381 e. The third kappa shape index (κ3) is 2.64. The minimum atomic E-state index is 0.0000926. The average Bonchev–Trinajstić information content (AvgIpc) is 2.96. The molecule has 2 heterocycles. The number of hydrogen-bond donors (Lipinski definition) is 2. The minimum Gasteiger partial charge on any atom is -0.381 e. The van der Waals surface area contributed by atoms with E-state index in [1.807, 2.05) is 0 Å². The van der Waals surface area contributed by atoms with Crippen molar-refractivity contribution in [2.45, 2.75) is 31.2 Å². The number of nitrogens with two attached hydrogens (primary N) is 1. The summed E-state index contributed by atoms with van der Waals surface area (Å²) in [6.07, 6.45) is 1.97. The van der Waals surface area contributed by atoms with Crippen molar-refractivity contribution in [2.24, 2.45) is 5.84 Å². The first-order chi connectivity index (χ1) is 10.3. The fraction of sp³-hybridized carbons (Fsp3) is 0.412. The van der Waals surface area contributed by atoms with E-state index in [0.717, 1.165) is 26.1 Å². The van der Waals surface area contributed by atoms with Gasteiger partial charge in [0.05, 0.1) is 6.04 Å². The molecule has 1 fully saturated rings. The van der Waals surface area contributed by atoms with Gasteiger partial charge in [0.25, 0.3) is 0 Å². The van der Waals surface area contributed by atoms with Gasteiger partial charge in [-0.1, -0.05) is 30.3 Å². The van der Waals surface area contributed by atoms with Gasteiger partial charge in [-0.25, -0.2) is 0 Å². The number of nitrogens with one attached hydrogen (secondary N) is 1. The summed E-state index contributed by atoms with van der Waals surface area (Å²) in [5, 5.41) is 2.15. The van der Waals surface area contributed by atoms with Gasteiger partial charge in [-0.2, -0.15) is 0 Å². The number of thiophene rings is 1. The van der Waals surface area contributed by atoms with Crippen molar-refractivity contribution in [3.63, 3.8) is 0 Å². The summed E-state index contributed by atoms with van der Waals surface area (Å²) in [6.45, 7) is 3.74. The maximum atomic E-state index is 6.00. The van der Waals surface area contributed by atoms with Crippen LogP contribution in [0.25, 0.3) is 0 Å². The van der Waals surface area contributed by atoms with Gasteiger partial charge in [-0.3, -0.25) is 11.3 Å². The third-order valence-electron chi connectivity index (χ3n) is 4.66. The predicted octanol–water partition coefficient (Wildman–Crippen LogP) is 3.31. The molecule has 0 aliphatic carbocycles. The van der Waals surface area contributed by atoms with Crippen LogP contribution < -0.4 is 11.3 Å². The number of ether oxygens (including phenoxy) is 1. The molecule has 0 bridgehead atoms. The van der Waals surface area contributed by atoms with Crippen LogP contribution in [0.2, 0.25) is 0 Å². The van der Waals surface area contributed by atoms with Crippen molar-refractivity contribution < 1.29 is 4.74 Å². The molecular formula is C17H22N2OS. The Kier molecular flexibility index (Phi) is 4.40. The topological polar surface area (TPSA) is 47.3 Å². The number of aryl methyl sites for hydroxylation is 1. The molecule has 0 spiro atoms. The molecule has 1 unspecified atom stereocenters. The van der Waals surface area contributed by atoms with Crippen LogP contribution in [0.1, 0.15) is 34.9 Å². The lowest BCUT2D eigenvalue weighted by atomic mass is 9.67. The van der Waals surface area contributed by atoms with Crippen LogP contribution in [0.3, 0.4) is 0 Å². The zero-order chi connectivity index (χ0) is 14.7. The summed E-state index contributed by atoms with van der Waals surface area (Å²) in [6, 6.07) is 13.0. The normalized spacial score (nSPS) is 19.3. The second-order valence-corrected chi connectivity index (χ2v) is 6.79.